The number of aromatic carboxylic acids is 1. The van der Waals surface area contributed by atoms with Crippen molar-refractivity contribution in [3.63, 3.8) is 0 Å². The van der Waals surface area contributed by atoms with Crippen molar-refractivity contribution < 1.29 is 14.3 Å². The summed E-state index contributed by atoms with van der Waals surface area (Å²) in [5, 5.41) is 11.9. The molecule has 0 saturated carbocycles. The number of hydrogen-bond acceptors (Lipinski definition) is 5. The van der Waals surface area contributed by atoms with E-state index < -0.39 is 11.8 Å². The molecule has 4 N–H and O–H groups in total. The maximum atomic E-state index is 13.9. The Morgan fingerprint density at radius 3 is 2.90 bits per heavy atom. The van der Waals surface area contributed by atoms with E-state index in [1.807, 2.05) is 12.1 Å². The third-order valence-corrected chi connectivity index (χ3v) is 3.77. The number of thiazole rings is 1. The summed E-state index contributed by atoms with van der Waals surface area (Å²) in [5.74, 6) is -1.81. The minimum atomic E-state index is -1.20. The molecular weight excluding hydrogens is 293 g/mol. The van der Waals surface area contributed by atoms with E-state index in [0.717, 1.165) is 16.3 Å². The summed E-state index contributed by atoms with van der Waals surface area (Å²) in [5.41, 5.74) is 8.53. The summed E-state index contributed by atoms with van der Waals surface area (Å²) < 4.78 is 14.8. The van der Waals surface area contributed by atoms with Crippen LogP contribution in [0.1, 0.15) is 10.4 Å². The number of carbonyl (C=O) groups is 1. The highest BCUT2D eigenvalue weighted by Gasteiger charge is 2.13. The molecule has 5 nitrogen and oxygen atoms in total. The number of carboxylic acid groups (broad SMARTS) is 1. The van der Waals surface area contributed by atoms with E-state index in [0.29, 0.717) is 5.69 Å². The Bertz CT molecular complexity index is 847. The van der Waals surface area contributed by atoms with Gasteiger partial charge in [0, 0.05) is 11.4 Å². The Balaban J connectivity index is 2.00. The minimum Gasteiger partial charge on any atom is -0.478 e. The van der Waals surface area contributed by atoms with Gasteiger partial charge in [0.05, 0.1) is 27.0 Å². The first-order chi connectivity index (χ1) is 10.0. The Hall–Kier alpha value is -2.67. The monoisotopic (exact) mass is 303 g/mol. The maximum Gasteiger partial charge on any atom is 0.337 e. The molecule has 0 unspecified atom stereocenters. The van der Waals surface area contributed by atoms with E-state index in [1.54, 1.807) is 11.6 Å². The zero-order valence-electron chi connectivity index (χ0n) is 10.6. The first kappa shape index (κ1) is 13.3. The van der Waals surface area contributed by atoms with Gasteiger partial charge >= 0.3 is 5.97 Å². The first-order valence-electron chi connectivity index (χ1n) is 5.97. The first-order valence-corrected chi connectivity index (χ1v) is 6.85. The SMILES string of the molecule is Nc1cc(F)c(Nc2ccc3ncsc3c2)cc1C(=O)O. The highest BCUT2D eigenvalue weighted by atomic mass is 32.1. The Labute approximate surface area is 122 Å². The second-order valence-corrected chi connectivity index (χ2v) is 5.27. The molecule has 3 rings (SSSR count). The number of carboxylic acids is 1. The van der Waals surface area contributed by atoms with Gasteiger partial charge in [-0.25, -0.2) is 14.2 Å². The van der Waals surface area contributed by atoms with E-state index in [2.05, 4.69) is 10.3 Å². The largest absolute Gasteiger partial charge is 0.478 e. The molecule has 21 heavy (non-hydrogen) atoms. The van der Waals surface area contributed by atoms with Gasteiger partial charge in [-0.05, 0) is 30.3 Å². The summed E-state index contributed by atoms with van der Waals surface area (Å²) >= 11 is 1.47. The number of nitrogen functional groups attached to an aromatic ring is 1. The van der Waals surface area contributed by atoms with Crippen molar-refractivity contribution in [2.45, 2.75) is 0 Å². The normalized spacial score (nSPS) is 10.7. The summed E-state index contributed by atoms with van der Waals surface area (Å²) in [6.45, 7) is 0. The van der Waals surface area contributed by atoms with Gasteiger partial charge in [0.2, 0.25) is 0 Å². The van der Waals surface area contributed by atoms with Crippen molar-refractivity contribution in [3.05, 3.63) is 47.2 Å². The van der Waals surface area contributed by atoms with Crippen LogP contribution in [0.25, 0.3) is 10.2 Å². The lowest BCUT2D eigenvalue weighted by atomic mass is 10.1. The molecule has 0 bridgehead atoms. The molecule has 7 heteroatoms. The van der Waals surface area contributed by atoms with Gasteiger partial charge in [-0.15, -0.1) is 11.3 Å². The fourth-order valence-corrected chi connectivity index (χ4v) is 2.67. The lowest BCUT2D eigenvalue weighted by molar-refractivity contribution is 0.0698. The minimum absolute atomic E-state index is 0.0606. The van der Waals surface area contributed by atoms with Crippen molar-refractivity contribution >= 4 is 44.6 Å². The molecule has 2 aromatic carbocycles. The van der Waals surface area contributed by atoms with Crippen LogP contribution in [-0.2, 0) is 0 Å². The number of halogens is 1. The fraction of sp³-hybridized carbons (Fsp3) is 0. The lowest BCUT2D eigenvalue weighted by Gasteiger charge is -2.10. The number of fused-ring (bicyclic) bond motifs is 1. The van der Waals surface area contributed by atoms with Crippen LogP contribution in [0.5, 0.6) is 0 Å². The highest BCUT2D eigenvalue weighted by molar-refractivity contribution is 7.16. The standard InChI is InChI=1S/C14H10FN3O2S/c15-9-5-10(16)8(14(19)20)4-12(9)18-7-1-2-11-13(3-7)21-6-17-11/h1-6,18H,16H2,(H,19,20). The van der Waals surface area contributed by atoms with E-state index in [-0.39, 0.29) is 16.9 Å². The molecule has 0 aliphatic heterocycles. The van der Waals surface area contributed by atoms with E-state index in [4.69, 9.17) is 10.8 Å². The molecule has 106 valence electrons. The molecule has 0 aliphatic rings. The molecule has 0 fully saturated rings. The second-order valence-electron chi connectivity index (χ2n) is 4.38. The Kier molecular flexibility index (Phi) is 3.19. The highest BCUT2D eigenvalue weighted by Crippen LogP contribution is 2.28. The van der Waals surface area contributed by atoms with Crippen LogP contribution in [0.3, 0.4) is 0 Å². The van der Waals surface area contributed by atoms with Crippen molar-refractivity contribution in [1.82, 2.24) is 4.98 Å². The number of nitrogens with zero attached hydrogens (tertiary/aromatic N) is 1. The lowest BCUT2D eigenvalue weighted by Crippen LogP contribution is -2.05. The molecule has 0 saturated heterocycles. The van der Waals surface area contributed by atoms with Gasteiger partial charge in [0.25, 0.3) is 0 Å². The molecule has 0 radical (unpaired) electrons. The molecule has 0 spiro atoms. The van der Waals surface area contributed by atoms with Crippen molar-refractivity contribution in [2.24, 2.45) is 0 Å². The summed E-state index contributed by atoms with van der Waals surface area (Å²) in [4.78, 5) is 15.2. The molecule has 1 heterocycles. The molecule has 0 aliphatic carbocycles. The van der Waals surface area contributed by atoms with Crippen molar-refractivity contribution in [1.29, 1.82) is 0 Å². The Morgan fingerprint density at radius 1 is 1.33 bits per heavy atom. The second kappa shape index (κ2) is 5.02. The number of nitrogens with two attached hydrogens (primary N) is 1. The fourth-order valence-electron chi connectivity index (χ4n) is 1.96. The number of rotatable bonds is 3. The van der Waals surface area contributed by atoms with E-state index in [1.165, 1.54) is 17.4 Å². The average molecular weight is 303 g/mol. The van der Waals surface area contributed by atoms with Gasteiger partial charge in [0.1, 0.15) is 5.82 Å². The Morgan fingerprint density at radius 2 is 2.14 bits per heavy atom. The quantitative estimate of drug-likeness (QED) is 0.645. The molecule has 0 atom stereocenters. The number of anilines is 3. The number of nitrogens with one attached hydrogen (secondary N) is 1. The van der Waals surface area contributed by atoms with Crippen LogP contribution in [-0.4, -0.2) is 16.1 Å². The topological polar surface area (TPSA) is 88.2 Å². The third kappa shape index (κ3) is 2.50. The third-order valence-electron chi connectivity index (χ3n) is 2.98. The van der Waals surface area contributed by atoms with Crippen LogP contribution in [0.2, 0.25) is 0 Å². The summed E-state index contributed by atoms with van der Waals surface area (Å²) in [6, 6.07) is 7.56. The van der Waals surface area contributed by atoms with Crippen LogP contribution in [0.15, 0.2) is 35.8 Å². The van der Waals surface area contributed by atoms with Crippen LogP contribution in [0.4, 0.5) is 21.5 Å². The van der Waals surface area contributed by atoms with Gasteiger partial charge in [-0.2, -0.15) is 0 Å². The maximum absolute atomic E-state index is 13.9. The molecular formula is C14H10FN3O2S. The smallest absolute Gasteiger partial charge is 0.337 e. The van der Waals surface area contributed by atoms with Crippen LogP contribution in [0, 0.1) is 5.82 Å². The molecule has 3 aromatic rings. The average Bonchev–Trinajstić information content (AvgIpc) is 2.88. The zero-order valence-corrected chi connectivity index (χ0v) is 11.4. The summed E-state index contributed by atoms with van der Waals surface area (Å²) in [7, 11) is 0. The van der Waals surface area contributed by atoms with Gasteiger partial charge < -0.3 is 16.2 Å². The van der Waals surface area contributed by atoms with Crippen molar-refractivity contribution in [2.75, 3.05) is 11.1 Å². The van der Waals surface area contributed by atoms with Crippen molar-refractivity contribution in [3.8, 4) is 0 Å². The number of hydrogen-bond donors (Lipinski definition) is 3. The van der Waals surface area contributed by atoms with Gasteiger partial charge in [0.15, 0.2) is 0 Å². The zero-order chi connectivity index (χ0) is 15.0. The van der Waals surface area contributed by atoms with Gasteiger partial charge in [-0.1, -0.05) is 0 Å². The molecule has 0 amide bonds. The van der Waals surface area contributed by atoms with Gasteiger partial charge in [-0.3, -0.25) is 0 Å². The number of benzene rings is 2. The van der Waals surface area contributed by atoms with Crippen LogP contribution < -0.4 is 11.1 Å². The van der Waals surface area contributed by atoms with Crippen LogP contribution >= 0.6 is 11.3 Å². The summed E-state index contributed by atoms with van der Waals surface area (Å²) in [6.07, 6.45) is 0. The van der Waals surface area contributed by atoms with E-state index >= 15 is 0 Å². The predicted octanol–water partition coefficient (Wildman–Crippen LogP) is 3.46. The van der Waals surface area contributed by atoms with E-state index in [9.17, 15) is 9.18 Å². The molecule has 1 aromatic heterocycles. The number of aromatic nitrogens is 1. The predicted molar refractivity (Wildman–Crippen MR) is 80.7 cm³/mol.